The molecule has 5 nitrogen and oxygen atoms in total. The molecule has 0 spiro atoms. The number of carbonyl (C=O) groups excluding carboxylic acids is 1. The molecule has 3 aromatic rings. The number of fused-ring (bicyclic) bond motifs is 2. The number of aromatic hydroxyl groups is 2. The standard InChI is InChI=1S/C21H13F3O5/c22-21(23,24)29-15-4-1-11(2-5-15)12-3-6-18-13(7-12)8-16(26)20-17(27)9-14(25)10-19(20)28-18/h1-7,9-10,25,27H,8H2. The van der Waals surface area contributed by atoms with Gasteiger partial charge in [-0.25, -0.2) is 0 Å². The largest absolute Gasteiger partial charge is 0.573 e. The van der Waals surface area contributed by atoms with Gasteiger partial charge in [0.2, 0.25) is 0 Å². The fraction of sp³-hybridized carbons (Fsp3) is 0.0952. The molecule has 0 unspecified atom stereocenters. The van der Waals surface area contributed by atoms with E-state index in [4.69, 9.17) is 4.74 Å². The summed E-state index contributed by atoms with van der Waals surface area (Å²) >= 11 is 0. The summed E-state index contributed by atoms with van der Waals surface area (Å²) in [6, 6.07) is 12.7. The molecule has 148 valence electrons. The highest BCUT2D eigenvalue weighted by atomic mass is 19.4. The van der Waals surface area contributed by atoms with Gasteiger partial charge in [-0.05, 0) is 35.4 Å². The molecule has 0 saturated carbocycles. The molecule has 0 radical (unpaired) electrons. The number of phenolic OH excluding ortho intramolecular Hbond substituents is 2. The minimum Gasteiger partial charge on any atom is -0.508 e. The molecule has 8 heteroatoms. The number of benzene rings is 3. The molecule has 0 aromatic heterocycles. The third kappa shape index (κ3) is 3.82. The Morgan fingerprint density at radius 1 is 0.897 bits per heavy atom. The Hall–Kier alpha value is -3.68. The van der Waals surface area contributed by atoms with E-state index in [1.54, 1.807) is 18.2 Å². The van der Waals surface area contributed by atoms with Crippen molar-refractivity contribution in [2.24, 2.45) is 0 Å². The van der Waals surface area contributed by atoms with Crippen molar-refractivity contribution in [3.63, 3.8) is 0 Å². The molecule has 2 N–H and O–H groups in total. The number of ketones is 1. The van der Waals surface area contributed by atoms with E-state index in [0.29, 0.717) is 22.4 Å². The van der Waals surface area contributed by atoms with Crippen molar-refractivity contribution < 1.29 is 37.7 Å². The van der Waals surface area contributed by atoms with Gasteiger partial charge >= 0.3 is 6.36 Å². The van der Waals surface area contributed by atoms with Crippen molar-refractivity contribution >= 4 is 5.78 Å². The number of hydrogen-bond acceptors (Lipinski definition) is 5. The summed E-state index contributed by atoms with van der Waals surface area (Å²) in [6.07, 6.45) is -4.82. The van der Waals surface area contributed by atoms with Gasteiger partial charge in [0.25, 0.3) is 0 Å². The average Bonchev–Trinajstić information content (AvgIpc) is 2.75. The normalized spacial score (nSPS) is 13.1. The first-order chi connectivity index (χ1) is 13.7. The fourth-order valence-corrected chi connectivity index (χ4v) is 3.17. The molecule has 0 saturated heterocycles. The van der Waals surface area contributed by atoms with Gasteiger partial charge < -0.3 is 19.7 Å². The molecule has 1 aliphatic heterocycles. The van der Waals surface area contributed by atoms with Crippen molar-refractivity contribution in [3.05, 3.63) is 65.7 Å². The summed E-state index contributed by atoms with van der Waals surface area (Å²) in [7, 11) is 0. The molecule has 0 bridgehead atoms. The number of phenols is 2. The van der Waals surface area contributed by atoms with Crippen LogP contribution in [0.3, 0.4) is 0 Å². The number of Topliss-reactive ketones (excluding diaryl/α,β-unsaturated/α-hetero) is 1. The van der Waals surface area contributed by atoms with Crippen molar-refractivity contribution in [1.29, 1.82) is 0 Å². The lowest BCUT2D eigenvalue weighted by Gasteiger charge is -2.12. The maximum Gasteiger partial charge on any atom is 0.573 e. The van der Waals surface area contributed by atoms with Gasteiger partial charge in [0.05, 0.1) is 0 Å². The molecule has 0 aliphatic carbocycles. The second kappa shape index (κ2) is 6.73. The van der Waals surface area contributed by atoms with Gasteiger partial charge in [0.1, 0.15) is 34.3 Å². The highest BCUT2D eigenvalue weighted by Gasteiger charge is 2.31. The maximum atomic E-state index is 12.6. The second-order valence-corrected chi connectivity index (χ2v) is 6.43. The van der Waals surface area contributed by atoms with Gasteiger partial charge in [0, 0.05) is 24.1 Å². The van der Waals surface area contributed by atoms with E-state index in [1.807, 2.05) is 0 Å². The zero-order valence-corrected chi connectivity index (χ0v) is 14.7. The van der Waals surface area contributed by atoms with E-state index in [1.165, 1.54) is 30.3 Å². The molecule has 1 heterocycles. The molecule has 3 aromatic carbocycles. The topological polar surface area (TPSA) is 76.0 Å². The summed E-state index contributed by atoms with van der Waals surface area (Å²) in [5, 5.41) is 19.6. The Labute approximate surface area is 162 Å². The number of carbonyl (C=O) groups is 1. The van der Waals surface area contributed by atoms with Gasteiger partial charge in [-0.15, -0.1) is 13.2 Å². The van der Waals surface area contributed by atoms with Crippen LogP contribution < -0.4 is 9.47 Å². The molecule has 0 amide bonds. The van der Waals surface area contributed by atoms with Crippen molar-refractivity contribution in [1.82, 2.24) is 0 Å². The fourth-order valence-electron chi connectivity index (χ4n) is 3.17. The summed E-state index contributed by atoms with van der Waals surface area (Å²) in [4.78, 5) is 12.6. The number of alkyl halides is 3. The van der Waals surface area contributed by atoms with Gasteiger partial charge in [-0.1, -0.05) is 18.2 Å². The maximum absolute atomic E-state index is 12.6. The van der Waals surface area contributed by atoms with Crippen LogP contribution in [0.5, 0.6) is 28.7 Å². The highest BCUT2D eigenvalue weighted by Crippen LogP contribution is 2.41. The highest BCUT2D eigenvalue weighted by molar-refractivity contribution is 6.03. The molecular formula is C21H13F3O5. The van der Waals surface area contributed by atoms with E-state index >= 15 is 0 Å². The van der Waals surface area contributed by atoms with Crippen LogP contribution in [0.15, 0.2) is 54.6 Å². The minimum atomic E-state index is -4.77. The van der Waals surface area contributed by atoms with Crippen LogP contribution >= 0.6 is 0 Å². The Morgan fingerprint density at radius 3 is 2.28 bits per heavy atom. The Kier molecular flexibility index (Phi) is 4.34. The average molecular weight is 402 g/mol. The predicted molar refractivity (Wildman–Crippen MR) is 96.4 cm³/mol. The van der Waals surface area contributed by atoms with E-state index in [9.17, 15) is 28.2 Å². The monoisotopic (exact) mass is 402 g/mol. The van der Waals surface area contributed by atoms with Gasteiger partial charge in [-0.3, -0.25) is 4.79 Å². The lowest BCUT2D eigenvalue weighted by atomic mass is 9.98. The van der Waals surface area contributed by atoms with Crippen molar-refractivity contribution in [2.75, 3.05) is 0 Å². The predicted octanol–water partition coefficient (Wildman–Crippen LogP) is 5.19. The zero-order chi connectivity index (χ0) is 20.8. The smallest absolute Gasteiger partial charge is 0.508 e. The van der Waals surface area contributed by atoms with E-state index in [-0.39, 0.29) is 40.8 Å². The van der Waals surface area contributed by atoms with E-state index < -0.39 is 6.36 Å². The first-order valence-corrected chi connectivity index (χ1v) is 8.46. The number of ether oxygens (including phenoxy) is 2. The van der Waals surface area contributed by atoms with Crippen LogP contribution in [0.25, 0.3) is 11.1 Å². The van der Waals surface area contributed by atoms with Crippen molar-refractivity contribution in [3.8, 4) is 39.9 Å². The zero-order valence-electron chi connectivity index (χ0n) is 14.7. The molecule has 0 atom stereocenters. The Bertz CT molecular complexity index is 1100. The molecule has 29 heavy (non-hydrogen) atoms. The first-order valence-electron chi connectivity index (χ1n) is 8.46. The van der Waals surface area contributed by atoms with Crippen molar-refractivity contribution in [2.45, 2.75) is 12.8 Å². The third-order valence-electron chi connectivity index (χ3n) is 4.40. The first kappa shape index (κ1) is 18.7. The molecule has 4 rings (SSSR count). The Balaban J connectivity index is 1.67. The van der Waals surface area contributed by atoms with Crippen LogP contribution in [-0.4, -0.2) is 22.4 Å². The van der Waals surface area contributed by atoms with Crippen LogP contribution in [0, 0.1) is 0 Å². The second-order valence-electron chi connectivity index (χ2n) is 6.43. The van der Waals surface area contributed by atoms with Crippen LogP contribution in [-0.2, 0) is 6.42 Å². The summed E-state index contributed by atoms with van der Waals surface area (Å²) in [5.41, 5.74) is 1.81. The third-order valence-corrected chi connectivity index (χ3v) is 4.40. The summed E-state index contributed by atoms with van der Waals surface area (Å²) in [6.45, 7) is 0. The van der Waals surface area contributed by atoms with Gasteiger partial charge in [-0.2, -0.15) is 0 Å². The molecule has 0 fully saturated rings. The summed E-state index contributed by atoms with van der Waals surface area (Å²) in [5.74, 6) is -0.910. The van der Waals surface area contributed by atoms with E-state index in [2.05, 4.69) is 4.74 Å². The Morgan fingerprint density at radius 2 is 1.59 bits per heavy atom. The number of rotatable bonds is 2. The van der Waals surface area contributed by atoms with E-state index in [0.717, 1.165) is 6.07 Å². The quantitative estimate of drug-likeness (QED) is 0.617. The van der Waals surface area contributed by atoms with Crippen LogP contribution in [0.4, 0.5) is 13.2 Å². The molecular weight excluding hydrogens is 389 g/mol. The lowest BCUT2D eigenvalue weighted by molar-refractivity contribution is -0.274. The SMILES string of the molecule is O=C1Cc2cc(-c3ccc(OC(F)(F)F)cc3)ccc2Oc2cc(O)cc(O)c21. The minimum absolute atomic E-state index is 0.0193. The lowest BCUT2D eigenvalue weighted by Crippen LogP contribution is -2.16. The summed E-state index contributed by atoms with van der Waals surface area (Å²) < 4.78 is 46.5. The van der Waals surface area contributed by atoms with Gasteiger partial charge in [0.15, 0.2) is 5.78 Å². The number of halogens is 3. The van der Waals surface area contributed by atoms with Crippen LogP contribution in [0.1, 0.15) is 15.9 Å². The van der Waals surface area contributed by atoms with Crippen LogP contribution in [0.2, 0.25) is 0 Å². The number of hydrogen-bond donors (Lipinski definition) is 2. The molecule has 1 aliphatic rings.